The number of anilines is 1. The summed E-state index contributed by atoms with van der Waals surface area (Å²) in [7, 11) is 0. The molecule has 6 nitrogen and oxygen atoms in total. The Morgan fingerprint density at radius 1 is 1.21 bits per heavy atom. The summed E-state index contributed by atoms with van der Waals surface area (Å²) in [6.45, 7) is 4.53. The Labute approximate surface area is 164 Å². The summed E-state index contributed by atoms with van der Waals surface area (Å²) in [4.78, 5) is 11.5. The molecule has 0 spiro atoms. The number of amides is 1. The Morgan fingerprint density at radius 3 is 2.61 bits per heavy atom. The molecule has 4 rings (SSSR count). The average Bonchev–Trinajstić information content (AvgIpc) is 3.44. The number of benzene rings is 2. The number of aromatic hydroxyl groups is 1. The fourth-order valence-electron chi connectivity index (χ4n) is 3.90. The average molecular weight is 382 g/mol. The van der Waals surface area contributed by atoms with Crippen molar-refractivity contribution in [3.05, 3.63) is 52.6 Å². The molecule has 148 valence electrons. The van der Waals surface area contributed by atoms with Crippen LogP contribution in [0.1, 0.15) is 41.2 Å². The molecule has 1 heterocycles. The second-order valence-corrected chi connectivity index (χ2v) is 7.94. The third kappa shape index (κ3) is 3.57. The minimum Gasteiger partial charge on any atom is -0.506 e. The molecule has 1 saturated carbocycles. The number of β-amino-alcohol motifs (C(OH)–C–C–N with tert-alkyl or cyclic N) is 1. The van der Waals surface area contributed by atoms with Gasteiger partial charge in [0.25, 0.3) is 5.91 Å². The maximum Gasteiger partial charge on any atom is 0.262 e. The van der Waals surface area contributed by atoms with Crippen molar-refractivity contribution in [3.8, 4) is 11.5 Å². The molecule has 2 aliphatic rings. The number of carbonyl (C=O) groups is 1. The van der Waals surface area contributed by atoms with E-state index in [0.29, 0.717) is 17.9 Å². The van der Waals surface area contributed by atoms with E-state index in [9.17, 15) is 15.0 Å². The van der Waals surface area contributed by atoms with Crippen LogP contribution in [0.15, 0.2) is 30.3 Å². The molecule has 1 amide bonds. The van der Waals surface area contributed by atoms with Gasteiger partial charge in [-0.2, -0.15) is 0 Å². The molecule has 6 heteroatoms. The third-order valence-corrected chi connectivity index (χ3v) is 5.82. The lowest BCUT2D eigenvalue weighted by molar-refractivity contribution is -0.118. The molecule has 1 fully saturated rings. The summed E-state index contributed by atoms with van der Waals surface area (Å²) in [5, 5.41) is 26.9. The Kier molecular flexibility index (Phi) is 4.77. The van der Waals surface area contributed by atoms with Crippen molar-refractivity contribution in [1.82, 2.24) is 5.32 Å². The van der Waals surface area contributed by atoms with Crippen LogP contribution in [0, 0.1) is 13.8 Å². The maximum atomic E-state index is 11.5. The van der Waals surface area contributed by atoms with Crippen LogP contribution in [0.25, 0.3) is 0 Å². The molecule has 0 saturated heterocycles. The number of aliphatic hydroxyl groups excluding tert-OH is 1. The summed E-state index contributed by atoms with van der Waals surface area (Å²) in [6, 6.07) is 9.47. The van der Waals surface area contributed by atoms with Gasteiger partial charge in [0.1, 0.15) is 11.4 Å². The lowest BCUT2D eigenvalue weighted by atomic mass is 9.95. The zero-order valence-corrected chi connectivity index (χ0v) is 16.2. The second kappa shape index (κ2) is 7.11. The monoisotopic (exact) mass is 382 g/mol. The number of nitrogens with one attached hydrogen (secondary N) is 2. The van der Waals surface area contributed by atoms with Crippen molar-refractivity contribution in [2.75, 3.05) is 18.5 Å². The molecule has 4 N–H and O–H groups in total. The predicted octanol–water partition coefficient (Wildman–Crippen LogP) is 2.74. The van der Waals surface area contributed by atoms with E-state index in [1.165, 1.54) is 22.8 Å². The first-order chi connectivity index (χ1) is 13.4. The van der Waals surface area contributed by atoms with Crippen LogP contribution in [0.4, 0.5) is 5.69 Å². The number of fused-ring (bicyclic) bond motifs is 1. The SMILES string of the molecule is Cc1cccc(C)c1CC1(NCC(O)c2ccc(O)c3c2OCC(=O)N3)CC1. The van der Waals surface area contributed by atoms with Gasteiger partial charge in [-0.15, -0.1) is 0 Å². The molecule has 28 heavy (non-hydrogen) atoms. The molecule has 0 aromatic heterocycles. The van der Waals surface area contributed by atoms with E-state index in [1.54, 1.807) is 6.07 Å². The van der Waals surface area contributed by atoms with Crippen LogP contribution >= 0.6 is 0 Å². The molecule has 1 aliphatic carbocycles. The minimum absolute atomic E-state index is 0.0178. The summed E-state index contributed by atoms with van der Waals surface area (Å²) >= 11 is 0. The number of ether oxygens (including phenoxy) is 1. The van der Waals surface area contributed by atoms with Crippen molar-refractivity contribution < 1.29 is 19.7 Å². The molecular weight excluding hydrogens is 356 g/mol. The maximum absolute atomic E-state index is 11.5. The van der Waals surface area contributed by atoms with Gasteiger partial charge in [-0.05, 0) is 61.9 Å². The van der Waals surface area contributed by atoms with Crippen LogP contribution in [0.2, 0.25) is 0 Å². The van der Waals surface area contributed by atoms with Crippen molar-refractivity contribution in [2.24, 2.45) is 0 Å². The highest BCUT2D eigenvalue weighted by Crippen LogP contribution is 2.43. The van der Waals surface area contributed by atoms with Gasteiger partial charge in [-0.3, -0.25) is 4.79 Å². The number of rotatable bonds is 6. The largest absolute Gasteiger partial charge is 0.506 e. The Morgan fingerprint density at radius 2 is 1.93 bits per heavy atom. The molecule has 1 unspecified atom stereocenters. The fraction of sp³-hybridized carbons (Fsp3) is 0.409. The van der Waals surface area contributed by atoms with Gasteiger partial charge >= 0.3 is 0 Å². The normalized spacial score (nSPS) is 18.0. The smallest absolute Gasteiger partial charge is 0.262 e. The number of phenolic OH excluding ortho intramolecular Hbond substituents is 1. The molecule has 1 aliphatic heterocycles. The van der Waals surface area contributed by atoms with Gasteiger partial charge in [0.15, 0.2) is 12.4 Å². The Balaban J connectivity index is 1.47. The zero-order chi connectivity index (χ0) is 19.9. The second-order valence-electron chi connectivity index (χ2n) is 7.94. The lowest BCUT2D eigenvalue weighted by Gasteiger charge is -2.26. The molecule has 0 bridgehead atoms. The first kappa shape index (κ1) is 18.8. The van der Waals surface area contributed by atoms with Crippen LogP contribution in [-0.2, 0) is 11.2 Å². The van der Waals surface area contributed by atoms with Crippen LogP contribution in [0.5, 0.6) is 11.5 Å². The van der Waals surface area contributed by atoms with Crippen molar-refractivity contribution in [3.63, 3.8) is 0 Å². The summed E-state index contributed by atoms with van der Waals surface area (Å²) in [5.41, 5.74) is 4.77. The number of aryl methyl sites for hydroxylation is 2. The van der Waals surface area contributed by atoms with Gasteiger partial charge < -0.3 is 25.6 Å². The quantitative estimate of drug-likeness (QED) is 0.577. The number of aliphatic hydroxyl groups is 1. The van der Waals surface area contributed by atoms with Gasteiger partial charge in [-0.1, -0.05) is 18.2 Å². The number of phenols is 1. The standard InChI is InChI=1S/C22H26N2O4/c1-13-4-3-5-14(2)16(13)10-22(8-9-22)23-11-18(26)15-6-7-17(25)20-21(15)28-12-19(27)24-20/h3-7,18,23,25-26H,8-12H2,1-2H3,(H,24,27). The molecule has 2 aromatic rings. The van der Waals surface area contributed by atoms with Crippen molar-refractivity contribution in [1.29, 1.82) is 0 Å². The van der Waals surface area contributed by atoms with E-state index in [1.807, 2.05) is 0 Å². The highest BCUT2D eigenvalue weighted by Gasteiger charge is 2.43. The van der Waals surface area contributed by atoms with Crippen molar-refractivity contribution >= 4 is 11.6 Å². The summed E-state index contributed by atoms with van der Waals surface area (Å²) in [6.07, 6.45) is 2.29. The Hall–Kier alpha value is -2.57. The number of carbonyl (C=O) groups excluding carboxylic acids is 1. The van der Waals surface area contributed by atoms with Gasteiger partial charge in [-0.25, -0.2) is 0 Å². The van der Waals surface area contributed by atoms with Crippen LogP contribution in [0.3, 0.4) is 0 Å². The molecule has 0 radical (unpaired) electrons. The van der Waals surface area contributed by atoms with E-state index < -0.39 is 6.10 Å². The molecule has 2 aromatic carbocycles. The van der Waals surface area contributed by atoms with E-state index in [2.05, 4.69) is 42.7 Å². The fourth-order valence-corrected chi connectivity index (χ4v) is 3.90. The summed E-state index contributed by atoms with van der Waals surface area (Å²) < 4.78 is 5.48. The van der Waals surface area contributed by atoms with Gasteiger partial charge in [0.05, 0.1) is 6.10 Å². The van der Waals surface area contributed by atoms with Crippen LogP contribution < -0.4 is 15.4 Å². The Bertz CT molecular complexity index is 901. The van der Waals surface area contributed by atoms with E-state index >= 15 is 0 Å². The van der Waals surface area contributed by atoms with E-state index in [-0.39, 0.29) is 29.5 Å². The highest BCUT2D eigenvalue weighted by atomic mass is 16.5. The van der Waals surface area contributed by atoms with E-state index in [0.717, 1.165) is 19.3 Å². The van der Waals surface area contributed by atoms with Crippen molar-refractivity contribution in [2.45, 2.75) is 44.8 Å². The number of hydrogen-bond donors (Lipinski definition) is 4. The first-order valence-electron chi connectivity index (χ1n) is 9.65. The predicted molar refractivity (Wildman–Crippen MR) is 107 cm³/mol. The van der Waals surface area contributed by atoms with Crippen LogP contribution in [-0.4, -0.2) is 34.8 Å². The van der Waals surface area contributed by atoms with Gasteiger partial charge in [0.2, 0.25) is 0 Å². The highest BCUT2D eigenvalue weighted by molar-refractivity contribution is 5.97. The first-order valence-corrected chi connectivity index (χ1v) is 9.65. The lowest BCUT2D eigenvalue weighted by Crippen LogP contribution is -2.37. The minimum atomic E-state index is -0.806. The molecular formula is C22H26N2O4. The van der Waals surface area contributed by atoms with Gasteiger partial charge in [0, 0.05) is 17.6 Å². The zero-order valence-electron chi connectivity index (χ0n) is 16.2. The molecule has 1 atom stereocenters. The number of hydrogen-bond acceptors (Lipinski definition) is 5. The third-order valence-electron chi connectivity index (χ3n) is 5.82. The summed E-state index contributed by atoms with van der Waals surface area (Å²) in [5.74, 6) is -0.0488. The topological polar surface area (TPSA) is 90.8 Å². The van der Waals surface area contributed by atoms with E-state index in [4.69, 9.17) is 4.74 Å².